The number of furan rings is 1. The number of amides is 3. The van der Waals surface area contributed by atoms with Gasteiger partial charge in [0.05, 0.1) is 12.8 Å². The second kappa shape index (κ2) is 10.8. The van der Waals surface area contributed by atoms with Gasteiger partial charge in [0.1, 0.15) is 18.1 Å². The topological polar surface area (TPSA) is 65.8 Å². The van der Waals surface area contributed by atoms with E-state index in [1.54, 1.807) is 53.4 Å². The van der Waals surface area contributed by atoms with Crippen molar-refractivity contribution in [1.29, 1.82) is 0 Å². The van der Waals surface area contributed by atoms with E-state index in [0.717, 1.165) is 5.56 Å². The Labute approximate surface area is 191 Å². The van der Waals surface area contributed by atoms with Crippen LogP contribution in [0.4, 0.5) is 14.9 Å². The molecule has 0 atom stereocenters. The number of nitrogens with one attached hydrogen (secondary N) is 1. The minimum atomic E-state index is -0.393. The molecule has 0 saturated carbocycles. The Morgan fingerprint density at radius 2 is 1.72 bits per heavy atom. The molecule has 32 heavy (non-hydrogen) atoms. The van der Waals surface area contributed by atoms with Gasteiger partial charge in [0, 0.05) is 23.3 Å². The predicted molar refractivity (Wildman–Crippen MR) is 122 cm³/mol. The van der Waals surface area contributed by atoms with Gasteiger partial charge in [-0.05, 0) is 67.9 Å². The van der Waals surface area contributed by atoms with Crippen molar-refractivity contribution < 1.29 is 18.4 Å². The summed E-state index contributed by atoms with van der Waals surface area (Å²) in [5, 5.41) is 3.36. The van der Waals surface area contributed by atoms with Crippen LogP contribution in [0, 0.1) is 5.82 Å². The fraction of sp³-hybridized carbons (Fsp3) is 0.250. The van der Waals surface area contributed by atoms with Crippen molar-refractivity contribution in [3.63, 3.8) is 0 Å². The Morgan fingerprint density at radius 3 is 2.31 bits per heavy atom. The fourth-order valence-corrected chi connectivity index (χ4v) is 3.22. The number of carbonyl (C=O) groups excluding carboxylic acids is 2. The molecule has 168 valence electrons. The number of carbonyl (C=O) groups is 2. The van der Waals surface area contributed by atoms with Gasteiger partial charge in [-0.15, -0.1) is 0 Å². The van der Waals surface area contributed by atoms with Crippen molar-refractivity contribution in [1.82, 2.24) is 9.80 Å². The van der Waals surface area contributed by atoms with Gasteiger partial charge in [0.25, 0.3) is 0 Å². The van der Waals surface area contributed by atoms with Crippen LogP contribution in [0.5, 0.6) is 0 Å². The van der Waals surface area contributed by atoms with Gasteiger partial charge >= 0.3 is 6.03 Å². The maximum atomic E-state index is 13.3. The third-order valence-electron chi connectivity index (χ3n) is 4.85. The summed E-state index contributed by atoms with van der Waals surface area (Å²) in [4.78, 5) is 29.1. The first-order chi connectivity index (χ1) is 15.3. The highest BCUT2D eigenvalue weighted by Crippen LogP contribution is 2.16. The third kappa shape index (κ3) is 6.59. The summed E-state index contributed by atoms with van der Waals surface area (Å²) in [7, 11) is 0. The van der Waals surface area contributed by atoms with Crippen LogP contribution in [0.1, 0.15) is 25.2 Å². The van der Waals surface area contributed by atoms with Crippen LogP contribution >= 0.6 is 11.6 Å². The molecule has 0 bridgehead atoms. The van der Waals surface area contributed by atoms with Crippen LogP contribution in [-0.4, -0.2) is 34.3 Å². The molecule has 0 aliphatic rings. The van der Waals surface area contributed by atoms with Crippen LogP contribution in [-0.2, 0) is 17.9 Å². The molecular weight excluding hydrogens is 433 g/mol. The number of benzene rings is 2. The van der Waals surface area contributed by atoms with Gasteiger partial charge in [0.15, 0.2) is 0 Å². The highest BCUT2D eigenvalue weighted by molar-refractivity contribution is 6.30. The van der Waals surface area contributed by atoms with Gasteiger partial charge in [-0.2, -0.15) is 0 Å². The summed E-state index contributed by atoms with van der Waals surface area (Å²) < 4.78 is 18.7. The van der Waals surface area contributed by atoms with E-state index >= 15 is 0 Å². The molecule has 0 spiro atoms. The summed E-state index contributed by atoms with van der Waals surface area (Å²) in [6.45, 7) is 4.04. The van der Waals surface area contributed by atoms with E-state index in [9.17, 15) is 14.0 Å². The first-order valence-electron chi connectivity index (χ1n) is 10.2. The van der Waals surface area contributed by atoms with Gasteiger partial charge in [-0.1, -0.05) is 23.7 Å². The number of rotatable bonds is 8. The highest BCUT2D eigenvalue weighted by atomic mass is 35.5. The lowest BCUT2D eigenvalue weighted by Crippen LogP contribution is -2.47. The lowest BCUT2D eigenvalue weighted by atomic mass is 10.2. The minimum absolute atomic E-state index is 0.126. The molecule has 0 saturated heterocycles. The normalized spacial score (nSPS) is 10.8. The molecule has 0 fully saturated rings. The lowest BCUT2D eigenvalue weighted by Gasteiger charge is -2.30. The zero-order valence-corrected chi connectivity index (χ0v) is 18.7. The summed E-state index contributed by atoms with van der Waals surface area (Å²) in [5.41, 5.74) is 1.35. The molecule has 6 nitrogen and oxygen atoms in total. The Kier molecular flexibility index (Phi) is 7.89. The molecule has 1 heterocycles. The van der Waals surface area contributed by atoms with Gasteiger partial charge in [-0.3, -0.25) is 4.79 Å². The zero-order chi connectivity index (χ0) is 23.1. The number of halogens is 2. The van der Waals surface area contributed by atoms with Crippen LogP contribution in [0.15, 0.2) is 71.3 Å². The predicted octanol–water partition coefficient (Wildman–Crippen LogP) is 5.54. The molecule has 1 aromatic heterocycles. The maximum absolute atomic E-state index is 13.3. The van der Waals surface area contributed by atoms with Crippen molar-refractivity contribution >= 4 is 29.2 Å². The molecule has 3 rings (SSSR count). The quantitative estimate of drug-likeness (QED) is 0.482. The van der Waals surface area contributed by atoms with Crippen LogP contribution in [0.2, 0.25) is 5.02 Å². The largest absolute Gasteiger partial charge is 0.467 e. The highest BCUT2D eigenvalue weighted by Gasteiger charge is 2.24. The summed E-state index contributed by atoms with van der Waals surface area (Å²) >= 11 is 5.90. The molecule has 3 amide bonds. The first kappa shape index (κ1) is 23.3. The monoisotopic (exact) mass is 457 g/mol. The van der Waals surface area contributed by atoms with E-state index in [-0.39, 0.29) is 37.4 Å². The second-order valence-electron chi connectivity index (χ2n) is 7.61. The molecule has 3 aromatic rings. The van der Waals surface area contributed by atoms with Gasteiger partial charge < -0.3 is 19.5 Å². The molecule has 0 unspecified atom stereocenters. The molecule has 8 heteroatoms. The number of hydrogen-bond acceptors (Lipinski definition) is 3. The summed E-state index contributed by atoms with van der Waals surface area (Å²) in [6, 6.07) is 15.6. The lowest BCUT2D eigenvalue weighted by molar-refractivity contribution is -0.133. The SMILES string of the molecule is CC(C)N(CC(=O)N(Cc1ccc(F)cc1)Cc1ccco1)C(=O)Nc1ccc(Cl)cc1. The van der Waals surface area contributed by atoms with Crippen molar-refractivity contribution in [2.24, 2.45) is 0 Å². The molecule has 2 aromatic carbocycles. The van der Waals surface area contributed by atoms with E-state index in [0.29, 0.717) is 16.5 Å². The Balaban J connectivity index is 1.74. The third-order valence-corrected chi connectivity index (χ3v) is 5.10. The van der Waals surface area contributed by atoms with Crippen LogP contribution < -0.4 is 5.32 Å². The smallest absolute Gasteiger partial charge is 0.322 e. The van der Waals surface area contributed by atoms with E-state index in [4.69, 9.17) is 16.0 Å². The fourth-order valence-electron chi connectivity index (χ4n) is 3.10. The number of anilines is 1. The van der Waals surface area contributed by atoms with Gasteiger partial charge in [-0.25, -0.2) is 9.18 Å². The Hall–Kier alpha value is -3.32. The Morgan fingerprint density at radius 1 is 1.03 bits per heavy atom. The van der Waals surface area contributed by atoms with Gasteiger partial charge in [0.2, 0.25) is 5.91 Å². The Bertz CT molecular complexity index is 1020. The van der Waals surface area contributed by atoms with E-state index in [1.165, 1.54) is 23.3 Å². The van der Waals surface area contributed by atoms with Crippen molar-refractivity contribution in [2.75, 3.05) is 11.9 Å². The second-order valence-corrected chi connectivity index (χ2v) is 8.05. The molecule has 0 aliphatic heterocycles. The van der Waals surface area contributed by atoms with E-state index in [2.05, 4.69) is 5.32 Å². The van der Waals surface area contributed by atoms with Crippen molar-refractivity contribution in [3.8, 4) is 0 Å². The van der Waals surface area contributed by atoms with Crippen LogP contribution in [0.25, 0.3) is 0 Å². The number of hydrogen-bond donors (Lipinski definition) is 1. The summed E-state index contributed by atoms with van der Waals surface area (Å²) in [6.07, 6.45) is 1.54. The molecule has 0 radical (unpaired) electrons. The number of urea groups is 1. The maximum Gasteiger partial charge on any atom is 0.322 e. The zero-order valence-electron chi connectivity index (χ0n) is 17.9. The molecule has 1 N–H and O–H groups in total. The standard InChI is InChI=1S/C24H25ClFN3O3/c1-17(2)29(24(31)27-21-11-7-19(25)8-12-21)16-23(30)28(15-22-4-3-13-32-22)14-18-5-9-20(26)10-6-18/h3-13,17H,14-16H2,1-2H3,(H,27,31). The summed E-state index contributed by atoms with van der Waals surface area (Å²) in [5.74, 6) is 0.00960. The van der Waals surface area contributed by atoms with E-state index in [1.807, 2.05) is 13.8 Å². The van der Waals surface area contributed by atoms with Crippen LogP contribution in [0.3, 0.4) is 0 Å². The van der Waals surface area contributed by atoms with Crippen molar-refractivity contribution in [2.45, 2.75) is 33.0 Å². The number of nitrogens with zero attached hydrogens (tertiary/aromatic N) is 2. The molecule has 0 aliphatic carbocycles. The molecular formula is C24H25ClFN3O3. The van der Waals surface area contributed by atoms with E-state index < -0.39 is 6.03 Å². The average molecular weight is 458 g/mol. The average Bonchev–Trinajstić information content (AvgIpc) is 3.27. The van der Waals surface area contributed by atoms with Crippen molar-refractivity contribution in [3.05, 3.63) is 89.1 Å². The first-order valence-corrected chi connectivity index (χ1v) is 10.6. The minimum Gasteiger partial charge on any atom is -0.467 e.